The van der Waals surface area contributed by atoms with Gasteiger partial charge in [-0.1, -0.05) is 45.0 Å². The van der Waals surface area contributed by atoms with Crippen LogP contribution in [0.1, 0.15) is 37.6 Å². The Morgan fingerprint density at radius 1 is 1.26 bits per heavy atom. The molecule has 3 rings (SSSR count). The average Bonchev–Trinajstić information content (AvgIpc) is 3.05. The smallest absolute Gasteiger partial charge is 0.308 e. The normalized spacial score (nSPS) is 12.0. The van der Waals surface area contributed by atoms with Gasteiger partial charge in [-0.15, -0.1) is 11.3 Å². The van der Waals surface area contributed by atoms with Crippen molar-refractivity contribution in [2.24, 2.45) is 0 Å². The molecule has 0 aliphatic rings. The zero-order chi connectivity index (χ0) is 16.6. The Hall–Kier alpha value is -2.14. The molecule has 0 amide bonds. The van der Waals surface area contributed by atoms with Crippen molar-refractivity contribution >= 4 is 22.3 Å². The summed E-state index contributed by atoms with van der Waals surface area (Å²) in [4.78, 5) is 17.0. The maximum atomic E-state index is 10.8. The molecule has 120 valence electrons. The van der Waals surface area contributed by atoms with Crippen molar-refractivity contribution in [3.05, 3.63) is 47.1 Å². The lowest BCUT2D eigenvalue weighted by Crippen LogP contribution is -2.14. The fourth-order valence-corrected chi connectivity index (χ4v) is 3.46. The van der Waals surface area contributed by atoms with E-state index in [4.69, 9.17) is 5.11 Å². The number of carbonyl (C=O) groups is 1. The van der Waals surface area contributed by atoms with Gasteiger partial charge in [0.05, 0.1) is 12.1 Å². The van der Waals surface area contributed by atoms with Crippen LogP contribution in [0.2, 0.25) is 0 Å². The first-order valence-electron chi connectivity index (χ1n) is 7.69. The Balaban J connectivity index is 1.88. The fraction of sp³-hybridized carbons (Fsp3) is 0.333. The first kappa shape index (κ1) is 15.7. The molecule has 0 radical (unpaired) electrons. The van der Waals surface area contributed by atoms with Crippen LogP contribution in [0.3, 0.4) is 0 Å². The van der Waals surface area contributed by atoms with Crippen LogP contribution in [-0.2, 0) is 16.6 Å². The van der Waals surface area contributed by atoms with Crippen molar-refractivity contribution in [2.45, 2.75) is 39.0 Å². The minimum Gasteiger partial charge on any atom is -0.481 e. The van der Waals surface area contributed by atoms with Crippen molar-refractivity contribution < 1.29 is 9.90 Å². The van der Waals surface area contributed by atoms with Crippen molar-refractivity contribution in [2.75, 3.05) is 0 Å². The highest BCUT2D eigenvalue weighted by Gasteiger charge is 2.18. The lowest BCUT2D eigenvalue weighted by atomic mass is 9.82. The molecule has 0 aliphatic heterocycles. The molecule has 0 spiro atoms. The Morgan fingerprint density at radius 2 is 1.96 bits per heavy atom. The number of carboxylic acid groups (broad SMARTS) is 1. The molecule has 2 heterocycles. The average molecular weight is 328 g/mol. The summed E-state index contributed by atoms with van der Waals surface area (Å²) < 4.78 is 1.90. The van der Waals surface area contributed by atoms with Gasteiger partial charge in [-0.25, -0.2) is 4.98 Å². The molecular weight excluding hydrogens is 308 g/mol. The van der Waals surface area contributed by atoms with Gasteiger partial charge >= 0.3 is 5.97 Å². The van der Waals surface area contributed by atoms with Crippen LogP contribution >= 0.6 is 11.3 Å². The van der Waals surface area contributed by atoms with Gasteiger partial charge in [-0.05, 0) is 17.4 Å². The molecule has 0 saturated carbocycles. The standard InChI is InChI=1S/C18H20N2O2S/c1-4-18(2,3)13-7-5-12(6-8-13)15-11-20-10-14(9-16(21)22)23-17(20)19-15/h5-8,10-11H,4,9H2,1-3H3,(H,21,22). The molecule has 5 heteroatoms. The van der Waals surface area contributed by atoms with Crippen LogP contribution < -0.4 is 0 Å². The summed E-state index contributed by atoms with van der Waals surface area (Å²) in [5.41, 5.74) is 3.50. The number of carboxylic acids is 1. The summed E-state index contributed by atoms with van der Waals surface area (Å²) >= 11 is 1.42. The van der Waals surface area contributed by atoms with E-state index in [-0.39, 0.29) is 11.8 Å². The Kier molecular flexibility index (Phi) is 3.98. The molecule has 3 aromatic rings. The number of hydrogen-bond acceptors (Lipinski definition) is 3. The number of nitrogens with zero attached hydrogens (tertiary/aromatic N) is 2. The number of hydrogen-bond donors (Lipinski definition) is 1. The maximum absolute atomic E-state index is 10.8. The highest BCUT2D eigenvalue weighted by atomic mass is 32.1. The third-order valence-corrected chi connectivity index (χ3v) is 5.37. The number of thiazole rings is 1. The zero-order valence-corrected chi connectivity index (χ0v) is 14.4. The van der Waals surface area contributed by atoms with E-state index in [1.165, 1.54) is 16.9 Å². The molecule has 0 atom stereocenters. The van der Waals surface area contributed by atoms with Crippen LogP contribution in [-0.4, -0.2) is 20.5 Å². The molecule has 0 unspecified atom stereocenters. The second kappa shape index (κ2) is 5.81. The predicted molar refractivity (Wildman–Crippen MR) is 93.2 cm³/mol. The van der Waals surface area contributed by atoms with Gasteiger partial charge in [0.2, 0.25) is 0 Å². The molecule has 4 nitrogen and oxygen atoms in total. The zero-order valence-electron chi connectivity index (χ0n) is 13.5. The highest BCUT2D eigenvalue weighted by molar-refractivity contribution is 7.17. The fourth-order valence-electron chi connectivity index (χ4n) is 2.51. The van der Waals surface area contributed by atoms with E-state index in [0.29, 0.717) is 0 Å². The summed E-state index contributed by atoms with van der Waals surface area (Å²) in [5, 5.41) is 8.85. The van der Waals surface area contributed by atoms with E-state index < -0.39 is 5.97 Å². The van der Waals surface area contributed by atoms with Gasteiger partial charge in [-0.2, -0.15) is 0 Å². The van der Waals surface area contributed by atoms with E-state index in [9.17, 15) is 4.79 Å². The molecular formula is C18H20N2O2S. The van der Waals surface area contributed by atoms with Gasteiger partial charge in [0.25, 0.3) is 0 Å². The van der Waals surface area contributed by atoms with Crippen LogP contribution in [0.15, 0.2) is 36.7 Å². The van der Waals surface area contributed by atoms with Crippen molar-refractivity contribution in [3.63, 3.8) is 0 Å². The van der Waals surface area contributed by atoms with Crippen molar-refractivity contribution in [1.82, 2.24) is 9.38 Å². The van der Waals surface area contributed by atoms with Gasteiger partial charge < -0.3 is 5.11 Å². The maximum Gasteiger partial charge on any atom is 0.308 e. The summed E-state index contributed by atoms with van der Waals surface area (Å²) in [7, 11) is 0. The SMILES string of the molecule is CCC(C)(C)c1ccc(-c2cn3cc(CC(=O)O)sc3n2)cc1. The Morgan fingerprint density at radius 3 is 2.52 bits per heavy atom. The van der Waals surface area contributed by atoms with Crippen LogP contribution in [0.4, 0.5) is 0 Å². The molecule has 2 aromatic heterocycles. The number of fused-ring (bicyclic) bond motifs is 1. The van der Waals surface area contributed by atoms with E-state index >= 15 is 0 Å². The van der Waals surface area contributed by atoms with Gasteiger partial charge in [0, 0.05) is 22.8 Å². The number of aromatic nitrogens is 2. The van der Waals surface area contributed by atoms with Crippen LogP contribution in [0.25, 0.3) is 16.2 Å². The first-order valence-corrected chi connectivity index (χ1v) is 8.51. The molecule has 23 heavy (non-hydrogen) atoms. The van der Waals surface area contributed by atoms with E-state index in [1.807, 2.05) is 16.8 Å². The lowest BCUT2D eigenvalue weighted by Gasteiger charge is -2.23. The summed E-state index contributed by atoms with van der Waals surface area (Å²) in [6, 6.07) is 8.55. The topological polar surface area (TPSA) is 54.6 Å². The van der Waals surface area contributed by atoms with E-state index in [2.05, 4.69) is 50.0 Å². The minimum atomic E-state index is -0.816. The largest absolute Gasteiger partial charge is 0.481 e. The molecule has 1 aromatic carbocycles. The number of imidazole rings is 1. The number of benzene rings is 1. The third kappa shape index (κ3) is 3.15. The van der Waals surface area contributed by atoms with E-state index in [1.54, 1.807) is 0 Å². The molecule has 1 N–H and O–H groups in total. The molecule has 0 fully saturated rings. The molecule has 0 saturated heterocycles. The second-order valence-electron chi connectivity index (χ2n) is 6.40. The Labute approximate surface area is 139 Å². The van der Waals surface area contributed by atoms with Gasteiger partial charge in [-0.3, -0.25) is 9.20 Å². The Bertz CT molecular complexity index is 812. The number of aliphatic carboxylic acids is 1. The van der Waals surface area contributed by atoms with Crippen LogP contribution in [0, 0.1) is 0 Å². The summed E-state index contributed by atoms with van der Waals surface area (Å²) in [5.74, 6) is -0.816. The van der Waals surface area contributed by atoms with Crippen molar-refractivity contribution in [3.8, 4) is 11.3 Å². The predicted octanol–water partition coefficient (Wildman–Crippen LogP) is 4.38. The van der Waals surface area contributed by atoms with Crippen molar-refractivity contribution in [1.29, 1.82) is 0 Å². The summed E-state index contributed by atoms with van der Waals surface area (Å²) in [6.45, 7) is 6.70. The second-order valence-corrected chi connectivity index (χ2v) is 7.49. The molecule has 0 aliphatic carbocycles. The monoisotopic (exact) mass is 328 g/mol. The summed E-state index contributed by atoms with van der Waals surface area (Å²) in [6.07, 6.45) is 4.94. The van der Waals surface area contributed by atoms with Crippen LogP contribution in [0.5, 0.6) is 0 Å². The third-order valence-electron chi connectivity index (χ3n) is 4.38. The first-order chi connectivity index (χ1) is 10.9. The molecule has 0 bridgehead atoms. The highest BCUT2D eigenvalue weighted by Crippen LogP contribution is 2.29. The lowest BCUT2D eigenvalue weighted by molar-refractivity contribution is -0.136. The number of rotatable bonds is 5. The van der Waals surface area contributed by atoms with Gasteiger partial charge in [0.1, 0.15) is 0 Å². The van der Waals surface area contributed by atoms with E-state index in [0.717, 1.165) is 27.5 Å². The minimum absolute atomic E-state index is 0.0458. The van der Waals surface area contributed by atoms with Gasteiger partial charge in [0.15, 0.2) is 4.96 Å². The quantitative estimate of drug-likeness (QED) is 0.756.